The van der Waals surface area contributed by atoms with E-state index < -0.39 is 0 Å². The highest BCUT2D eigenvalue weighted by atomic mass is 16.3. The van der Waals surface area contributed by atoms with Gasteiger partial charge in [-0.15, -0.1) is 0 Å². The smallest absolute Gasteiger partial charge is 0.0622 e. The molecule has 0 aromatic heterocycles. The van der Waals surface area contributed by atoms with Crippen LogP contribution in [0.1, 0.15) is 6.92 Å². The Morgan fingerprint density at radius 2 is 2.56 bits per heavy atom. The van der Waals surface area contributed by atoms with Crippen LogP contribution in [0.2, 0.25) is 0 Å². The first kappa shape index (κ1) is 6.78. The zero-order chi connectivity index (χ0) is 6.69. The highest BCUT2D eigenvalue weighted by molar-refractivity contribution is 5.03. The second-order valence-electron chi connectivity index (χ2n) is 2.27. The molecule has 1 rings (SSSR count). The summed E-state index contributed by atoms with van der Waals surface area (Å²) >= 11 is 0. The molecule has 1 heterocycles. The molecule has 1 aliphatic rings. The number of aliphatic hydroxyl groups excluding tert-OH is 1. The predicted molar refractivity (Wildman–Crippen MR) is 37.3 cm³/mol. The summed E-state index contributed by atoms with van der Waals surface area (Å²) < 4.78 is 0. The van der Waals surface area contributed by atoms with Gasteiger partial charge in [-0.3, -0.25) is 4.90 Å². The SMILES string of the molecule is CCN1CC=CC1CO. The Bertz CT molecular complexity index is 111. The largest absolute Gasteiger partial charge is 0.394 e. The van der Waals surface area contributed by atoms with Crippen molar-refractivity contribution in [2.45, 2.75) is 13.0 Å². The molecule has 0 aromatic rings. The van der Waals surface area contributed by atoms with E-state index in [-0.39, 0.29) is 12.6 Å². The van der Waals surface area contributed by atoms with Crippen molar-refractivity contribution >= 4 is 0 Å². The standard InChI is InChI=1S/C7H13NO/c1-2-8-5-3-4-7(8)6-9/h3-4,7,9H,2,5-6H2,1H3. The molecule has 0 aromatic carbocycles. The normalized spacial score (nSPS) is 27.6. The minimum atomic E-state index is 0.254. The number of rotatable bonds is 2. The number of likely N-dealkylation sites (N-methyl/N-ethyl adjacent to an activating group) is 1. The lowest BCUT2D eigenvalue weighted by molar-refractivity contribution is 0.180. The molecule has 0 aliphatic carbocycles. The predicted octanol–water partition coefficient (Wildman–Crippen LogP) is 0.239. The quantitative estimate of drug-likeness (QED) is 0.537. The van der Waals surface area contributed by atoms with Gasteiger partial charge in [0.2, 0.25) is 0 Å². The minimum Gasteiger partial charge on any atom is -0.394 e. The molecule has 9 heavy (non-hydrogen) atoms. The van der Waals surface area contributed by atoms with Crippen LogP contribution in [-0.4, -0.2) is 35.7 Å². The van der Waals surface area contributed by atoms with Gasteiger partial charge in [0.1, 0.15) is 0 Å². The molecular formula is C7H13NO. The third-order valence-electron chi connectivity index (χ3n) is 1.76. The zero-order valence-corrected chi connectivity index (χ0v) is 5.75. The van der Waals surface area contributed by atoms with Gasteiger partial charge in [0.05, 0.1) is 12.6 Å². The van der Waals surface area contributed by atoms with E-state index in [2.05, 4.69) is 24.0 Å². The maximum absolute atomic E-state index is 8.77. The number of nitrogens with zero attached hydrogens (tertiary/aromatic N) is 1. The van der Waals surface area contributed by atoms with Crippen LogP contribution in [0, 0.1) is 0 Å². The molecular weight excluding hydrogens is 114 g/mol. The molecule has 0 saturated heterocycles. The van der Waals surface area contributed by atoms with Crippen molar-refractivity contribution in [3.05, 3.63) is 12.2 Å². The van der Waals surface area contributed by atoms with Gasteiger partial charge in [-0.25, -0.2) is 0 Å². The fourth-order valence-electron chi connectivity index (χ4n) is 1.15. The number of hydrogen-bond acceptors (Lipinski definition) is 2. The van der Waals surface area contributed by atoms with Crippen molar-refractivity contribution in [3.8, 4) is 0 Å². The van der Waals surface area contributed by atoms with Crippen molar-refractivity contribution in [1.82, 2.24) is 4.90 Å². The molecule has 0 radical (unpaired) electrons. The minimum absolute atomic E-state index is 0.254. The summed E-state index contributed by atoms with van der Waals surface area (Å²) in [5, 5.41) is 8.77. The lowest BCUT2D eigenvalue weighted by atomic mass is 10.3. The first-order chi connectivity index (χ1) is 4.38. The molecule has 0 bridgehead atoms. The van der Waals surface area contributed by atoms with E-state index >= 15 is 0 Å². The van der Waals surface area contributed by atoms with Gasteiger partial charge in [-0.2, -0.15) is 0 Å². The van der Waals surface area contributed by atoms with Gasteiger partial charge in [0.15, 0.2) is 0 Å². The van der Waals surface area contributed by atoms with Crippen LogP contribution in [0.5, 0.6) is 0 Å². The van der Waals surface area contributed by atoms with Crippen molar-refractivity contribution in [2.75, 3.05) is 19.7 Å². The molecule has 1 N–H and O–H groups in total. The van der Waals surface area contributed by atoms with Crippen molar-refractivity contribution in [3.63, 3.8) is 0 Å². The third-order valence-corrected chi connectivity index (χ3v) is 1.76. The van der Waals surface area contributed by atoms with Crippen LogP contribution < -0.4 is 0 Å². The fraction of sp³-hybridized carbons (Fsp3) is 0.714. The zero-order valence-electron chi connectivity index (χ0n) is 5.75. The molecule has 1 unspecified atom stereocenters. The Balaban J connectivity index is 2.39. The Morgan fingerprint density at radius 3 is 3.00 bits per heavy atom. The van der Waals surface area contributed by atoms with Crippen molar-refractivity contribution < 1.29 is 5.11 Å². The van der Waals surface area contributed by atoms with Crippen LogP contribution in [0.3, 0.4) is 0 Å². The van der Waals surface area contributed by atoms with E-state index in [0.717, 1.165) is 13.1 Å². The topological polar surface area (TPSA) is 23.5 Å². The van der Waals surface area contributed by atoms with Crippen LogP contribution >= 0.6 is 0 Å². The second-order valence-corrected chi connectivity index (χ2v) is 2.27. The Labute approximate surface area is 55.8 Å². The number of hydrogen-bond donors (Lipinski definition) is 1. The van der Waals surface area contributed by atoms with Crippen LogP contribution in [-0.2, 0) is 0 Å². The Hall–Kier alpha value is -0.340. The van der Waals surface area contributed by atoms with Gasteiger partial charge < -0.3 is 5.11 Å². The van der Waals surface area contributed by atoms with Crippen molar-refractivity contribution in [2.24, 2.45) is 0 Å². The Kier molecular flexibility index (Phi) is 2.25. The first-order valence-electron chi connectivity index (χ1n) is 3.40. The Morgan fingerprint density at radius 1 is 1.78 bits per heavy atom. The molecule has 0 saturated carbocycles. The van der Waals surface area contributed by atoms with E-state index in [1.165, 1.54) is 0 Å². The molecule has 0 spiro atoms. The summed E-state index contributed by atoms with van der Waals surface area (Å²) in [6.45, 7) is 4.39. The fourth-order valence-corrected chi connectivity index (χ4v) is 1.15. The van der Waals surface area contributed by atoms with Gasteiger partial charge in [-0.1, -0.05) is 19.1 Å². The van der Waals surface area contributed by atoms with E-state index in [9.17, 15) is 0 Å². The molecule has 0 amide bonds. The lowest BCUT2D eigenvalue weighted by Gasteiger charge is -2.19. The van der Waals surface area contributed by atoms with E-state index in [0.29, 0.717) is 0 Å². The molecule has 52 valence electrons. The molecule has 2 heteroatoms. The first-order valence-corrected chi connectivity index (χ1v) is 3.40. The molecule has 1 atom stereocenters. The highest BCUT2D eigenvalue weighted by Crippen LogP contribution is 2.06. The number of aliphatic hydroxyl groups is 1. The van der Waals surface area contributed by atoms with Crippen LogP contribution in [0.4, 0.5) is 0 Å². The van der Waals surface area contributed by atoms with Gasteiger partial charge in [0, 0.05) is 6.54 Å². The maximum Gasteiger partial charge on any atom is 0.0622 e. The maximum atomic E-state index is 8.77. The second kappa shape index (κ2) is 2.99. The van der Waals surface area contributed by atoms with E-state index in [1.807, 2.05) is 0 Å². The highest BCUT2D eigenvalue weighted by Gasteiger charge is 2.15. The van der Waals surface area contributed by atoms with Crippen LogP contribution in [0.15, 0.2) is 12.2 Å². The molecule has 2 nitrogen and oxygen atoms in total. The van der Waals surface area contributed by atoms with Gasteiger partial charge >= 0.3 is 0 Å². The summed E-state index contributed by atoms with van der Waals surface area (Å²) in [5.41, 5.74) is 0. The van der Waals surface area contributed by atoms with E-state index in [4.69, 9.17) is 5.11 Å². The van der Waals surface area contributed by atoms with Crippen LogP contribution in [0.25, 0.3) is 0 Å². The summed E-state index contributed by atoms with van der Waals surface area (Å²) in [6, 6.07) is 0.287. The van der Waals surface area contributed by atoms with E-state index in [1.54, 1.807) is 0 Å². The van der Waals surface area contributed by atoms with Gasteiger partial charge in [0.25, 0.3) is 0 Å². The lowest BCUT2D eigenvalue weighted by Crippen LogP contribution is -2.32. The third kappa shape index (κ3) is 1.32. The molecule has 1 aliphatic heterocycles. The summed E-state index contributed by atoms with van der Waals surface area (Å²) in [4.78, 5) is 2.22. The summed E-state index contributed by atoms with van der Waals surface area (Å²) in [6.07, 6.45) is 4.16. The van der Waals surface area contributed by atoms with Gasteiger partial charge in [-0.05, 0) is 6.54 Å². The average Bonchev–Trinajstić information content (AvgIpc) is 2.33. The van der Waals surface area contributed by atoms with Crippen molar-refractivity contribution in [1.29, 1.82) is 0 Å². The monoisotopic (exact) mass is 127 g/mol. The summed E-state index contributed by atoms with van der Waals surface area (Å²) in [5.74, 6) is 0. The molecule has 0 fully saturated rings. The summed E-state index contributed by atoms with van der Waals surface area (Å²) in [7, 11) is 0. The average molecular weight is 127 g/mol.